The molecule has 0 fully saturated rings. The molecule has 140 valence electrons. The van der Waals surface area contributed by atoms with Gasteiger partial charge in [-0.25, -0.2) is 4.98 Å². The summed E-state index contributed by atoms with van der Waals surface area (Å²) in [7, 11) is 3.23. The SMILES string of the molecule is COCc1ccc(C(=O)N2Cc3[nH]cnc3C(c3cccc(OC)c3)C2)o1. The van der Waals surface area contributed by atoms with Gasteiger partial charge in [0.15, 0.2) is 5.76 Å². The van der Waals surface area contributed by atoms with Crippen molar-refractivity contribution in [3.63, 3.8) is 0 Å². The molecule has 7 nitrogen and oxygen atoms in total. The van der Waals surface area contributed by atoms with Crippen LogP contribution in [0, 0.1) is 0 Å². The van der Waals surface area contributed by atoms with E-state index in [1.165, 1.54) is 0 Å². The number of rotatable bonds is 5. The number of benzene rings is 1. The quantitative estimate of drug-likeness (QED) is 0.750. The molecule has 1 amide bonds. The third-order valence-electron chi connectivity index (χ3n) is 4.78. The molecular weight excluding hydrogens is 346 g/mol. The van der Waals surface area contributed by atoms with Crippen LogP contribution in [0.5, 0.6) is 5.75 Å². The van der Waals surface area contributed by atoms with Gasteiger partial charge in [-0.05, 0) is 29.8 Å². The predicted octanol–water partition coefficient (Wildman–Crippen LogP) is 2.95. The highest BCUT2D eigenvalue weighted by Crippen LogP contribution is 2.33. The van der Waals surface area contributed by atoms with E-state index in [1.807, 2.05) is 24.3 Å². The second-order valence-electron chi connectivity index (χ2n) is 6.48. The van der Waals surface area contributed by atoms with Crippen LogP contribution in [0.15, 0.2) is 47.1 Å². The molecule has 3 aromatic rings. The van der Waals surface area contributed by atoms with Crippen LogP contribution in [0.3, 0.4) is 0 Å². The van der Waals surface area contributed by atoms with Gasteiger partial charge in [0.25, 0.3) is 5.91 Å². The van der Waals surface area contributed by atoms with Crippen LogP contribution in [0.4, 0.5) is 0 Å². The molecule has 1 unspecified atom stereocenters. The first-order chi connectivity index (χ1) is 13.2. The number of carbonyl (C=O) groups excluding carboxylic acids is 1. The minimum atomic E-state index is -0.148. The lowest BCUT2D eigenvalue weighted by Crippen LogP contribution is -2.38. The maximum absolute atomic E-state index is 13.0. The van der Waals surface area contributed by atoms with Gasteiger partial charge in [-0.15, -0.1) is 0 Å². The zero-order valence-corrected chi connectivity index (χ0v) is 15.3. The van der Waals surface area contributed by atoms with E-state index in [9.17, 15) is 4.79 Å². The zero-order valence-electron chi connectivity index (χ0n) is 15.3. The number of fused-ring (bicyclic) bond motifs is 1. The molecule has 0 radical (unpaired) electrons. The van der Waals surface area contributed by atoms with Crippen molar-refractivity contribution in [2.75, 3.05) is 20.8 Å². The first-order valence-electron chi connectivity index (χ1n) is 8.72. The highest BCUT2D eigenvalue weighted by Gasteiger charge is 2.33. The Labute approximate surface area is 156 Å². The monoisotopic (exact) mass is 367 g/mol. The van der Waals surface area contributed by atoms with Gasteiger partial charge < -0.3 is 23.8 Å². The summed E-state index contributed by atoms with van der Waals surface area (Å²) in [5, 5.41) is 0. The molecule has 1 atom stereocenters. The fraction of sp³-hybridized carbons (Fsp3) is 0.300. The third kappa shape index (κ3) is 3.33. The van der Waals surface area contributed by atoms with Crippen LogP contribution in [0.25, 0.3) is 0 Å². The van der Waals surface area contributed by atoms with E-state index in [0.717, 1.165) is 22.7 Å². The Kier molecular flexibility index (Phi) is 4.68. The number of imidazole rings is 1. The maximum Gasteiger partial charge on any atom is 0.289 e. The van der Waals surface area contributed by atoms with Crippen LogP contribution in [-0.2, 0) is 17.9 Å². The molecule has 1 aromatic carbocycles. The minimum absolute atomic E-state index is 0.0348. The number of aromatic amines is 1. The summed E-state index contributed by atoms with van der Waals surface area (Å²) in [5.74, 6) is 1.54. The predicted molar refractivity (Wildman–Crippen MR) is 97.6 cm³/mol. The second kappa shape index (κ2) is 7.28. The molecule has 0 saturated carbocycles. The number of hydrogen-bond acceptors (Lipinski definition) is 5. The Morgan fingerprint density at radius 1 is 1.33 bits per heavy atom. The second-order valence-corrected chi connectivity index (χ2v) is 6.48. The van der Waals surface area contributed by atoms with Crippen LogP contribution >= 0.6 is 0 Å². The Bertz CT molecular complexity index is 946. The Balaban J connectivity index is 1.63. The van der Waals surface area contributed by atoms with Crippen molar-refractivity contribution >= 4 is 5.91 Å². The van der Waals surface area contributed by atoms with E-state index < -0.39 is 0 Å². The van der Waals surface area contributed by atoms with Crippen LogP contribution in [0.2, 0.25) is 0 Å². The summed E-state index contributed by atoms with van der Waals surface area (Å²) in [6, 6.07) is 11.3. The number of nitrogens with zero attached hydrogens (tertiary/aromatic N) is 2. The van der Waals surface area contributed by atoms with E-state index >= 15 is 0 Å². The van der Waals surface area contributed by atoms with Gasteiger partial charge in [0.05, 0.1) is 31.4 Å². The standard InChI is InChI=1S/C20H21N3O4/c1-25-11-15-6-7-18(27-15)20(24)23-9-16(19-17(10-23)21-12-22-19)13-4-3-5-14(8-13)26-2/h3-8,12,16H,9-11H2,1-2H3,(H,21,22). The number of carbonyl (C=O) groups is 1. The number of amides is 1. The highest BCUT2D eigenvalue weighted by molar-refractivity contribution is 5.91. The van der Waals surface area contributed by atoms with Crippen LogP contribution in [-0.4, -0.2) is 41.5 Å². The lowest BCUT2D eigenvalue weighted by Gasteiger charge is -2.32. The number of hydrogen-bond donors (Lipinski definition) is 1. The Morgan fingerprint density at radius 3 is 3.04 bits per heavy atom. The van der Waals surface area contributed by atoms with Gasteiger partial charge in [-0.2, -0.15) is 0 Å². The summed E-state index contributed by atoms with van der Waals surface area (Å²) in [4.78, 5) is 22.4. The molecule has 7 heteroatoms. The van der Waals surface area contributed by atoms with Crippen LogP contribution < -0.4 is 4.74 Å². The number of aromatic nitrogens is 2. The molecule has 0 bridgehead atoms. The van der Waals surface area contributed by atoms with Gasteiger partial charge in [-0.3, -0.25) is 4.79 Å². The van der Waals surface area contributed by atoms with Crippen LogP contribution in [0.1, 0.15) is 39.2 Å². The van der Waals surface area contributed by atoms with Crippen molar-refractivity contribution in [1.82, 2.24) is 14.9 Å². The normalized spacial score (nSPS) is 16.2. The van der Waals surface area contributed by atoms with Crippen molar-refractivity contribution in [3.8, 4) is 5.75 Å². The summed E-state index contributed by atoms with van der Waals surface area (Å²) in [5.41, 5.74) is 2.96. The number of H-pyrrole nitrogens is 1. The molecule has 1 aliphatic rings. The van der Waals surface area contributed by atoms with Gasteiger partial charge in [0.1, 0.15) is 18.1 Å². The van der Waals surface area contributed by atoms with E-state index in [0.29, 0.717) is 31.2 Å². The number of nitrogens with one attached hydrogen (secondary N) is 1. The molecule has 2 aromatic heterocycles. The smallest absolute Gasteiger partial charge is 0.289 e. The van der Waals surface area contributed by atoms with E-state index in [1.54, 1.807) is 37.6 Å². The Hall–Kier alpha value is -3.06. The lowest BCUT2D eigenvalue weighted by atomic mass is 9.90. The van der Waals surface area contributed by atoms with Crippen molar-refractivity contribution in [1.29, 1.82) is 0 Å². The maximum atomic E-state index is 13.0. The number of furan rings is 1. The van der Waals surface area contributed by atoms with Gasteiger partial charge in [0, 0.05) is 19.6 Å². The molecule has 1 aliphatic heterocycles. The number of methoxy groups -OCH3 is 2. The topological polar surface area (TPSA) is 80.6 Å². The van der Waals surface area contributed by atoms with E-state index in [-0.39, 0.29) is 11.8 Å². The fourth-order valence-electron chi connectivity index (χ4n) is 3.47. The van der Waals surface area contributed by atoms with Crippen molar-refractivity contribution in [2.24, 2.45) is 0 Å². The van der Waals surface area contributed by atoms with Gasteiger partial charge in [0.2, 0.25) is 0 Å². The molecule has 0 spiro atoms. The molecule has 0 saturated heterocycles. The van der Waals surface area contributed by atoms with E-state index in [2.05, 4.69) is 9.97 Å². The molecule has 3 heterocycles. The first kappa shape index (κ1) is 17.4. The van der Waals surface area contributed by atoms with Crippen molar-refractivity contribution in [3.05, 3.63) is 71.2 Å². The fourth-order valence-corrected chi connectivity index (χ4v) is 3.47. The lowest BCUT2D eigenvalue weighted by molar-refractivity contribution is 0.0682. The zero-order chi connectivity index (χ0) is 18.8. The highest BCUT2D eigenvalue weighted by atomic mass is 16.5. The largest absolute Gasteiger partial charge is 0.497 e. The van der Waals surface area contributed by atoms with Crippen molar-refractivity contribution < 1.29 is 18.7 Å². The minimum Gasteiger partial charge on any atom is -0.497 e. The molecular formula is C20H21N3O4. The summed E-state index contributed by atoms with van der Waals surface area (Å²) in [6.45, 7) is 1.32. The Morgan fingerprint density at radius 2 is 2.22 bits per heavy atom. The summed E-state index contributed by atoms with van der Waals surface area (Å²) < 4.78 is 16.0. The van der Waals surface area contributed by atoms with Crippen molar-refractivity contribution in [2.45, 2.75) is 19.1 Å². The summed E-state index contributed by atoms with van der Waals surface area (Å²) >= 11 is 0. The molecule has 27 heavy (non-hydrogen) atoms. The molecule has 4 rings (SSSR count). The molecule has 0 aliphatic carbocycles. The molecule has 1 N–H and O–H groups in total. The third-order valence-corrected chi connectivity index (χ3v) is 4.78. The average Bonchev–Trinajstić information content (AvgIpc) is 3.36. The van der Waals surface area contributed by atoms with Gasteiger partial charge in [-0.1, -0.05) is 12.1 Å². The average molecular weight is 367 g/mol. The summed E-state index contributed by atoms with van der Waals surface area (Å²) in [6.07, 6.45) is 1.68. The number of ether oxygens (including phenoxy) is 2. The van der Waals surface area contributed by atoms with E-state index in [4.69, 9.17) is 13.9 Å². The first-order valence-corrected chi connectivity index (χ1v) is 8.72. The van der Waals surface area contributed by atoms with Gasteiger partial charge >= 0.3 is 0 Å².